The third-order valence-electron chi connectivity index (χ3n) is 3.69. The van der Waals surface area contributed by atoms with Crippen LogP contribution < -0.4 is 15.4 Å². The van der Waals surface area contributed by atoms with Gasteiger partial charge in [-0.25, -0.2) is 9.97 Å². The topological polar surface area (TPSA) is 75.8 Å². The van der Waals surface area contributed by atoms with E-state index in [1.165, 1.54) is 0 Å². The molecule has 0 saturated heterocycles. The first kappa shape index (κ1) is 16.5. The molecule has 3 rings (SSSR count). The highest BCUT2D eigenvalue weighted by molar-refractivity contribution is 5.69. The second-order valence-electron chi connectivity index (χ2n) is 5.31. The van der Waals surface area contributed by atoms with Gasteiger partial charge in [-0.05, 0) is 31.8 Å². The largest absolute Gasteiger partial charge is 0.497 e. The zero-order chi connectivity index (χ0) is 17.6. The van der Waals surface area contributed by atoms with Crippen molar-refractivity contribution in [2.24, 2.45) is 4.99 Å². The molecule has 0 unspecified atom stereocenters. The minimum atomic E-state index is 0.528. The number of ether oxygens (including phenoxy) is 1. The number of imidazole rings is 1. The lowest BCUT2D eigenvalue weighted by Gasteiger charge is -2.09. The molecule has 25 heavy (non-hydrogen) atoms. The molecule has 0 amide bonds. The van der Waals surface area contributed by atoms with Gasteiger partial charge in [0.1, 0.15) is 11.4 Å². The molecule has 0 aliphatic rings. The molecule has 7 nitrogen and oxygen atoms in total. The monoisotopic (exact) mass is 336 g/mol. The van der Waals surface area contributed by atoms with Crippen LogP contribution in [0.5, 0.6) is 5.75 Å². The van der Waals surface area contributed by atoms with Crippen LogP contribution in [0.1, 0.15) is 11.4 Å². The lowest BCUT2D eigenvalue weighted by atomic mass is 10.3. The van der Waals surface area contributed by atoms with Crippen molar-refractivity contribution in [2.45, 2.75) is 6.92 Å². The smallest absolute Gasteiger partial charge is 0.234 e. The standard InChI is InChI=1S/C18H20N6O/c1-13-17(24-9-5-8-21-18(24)23-13)16(19-2)11-20-12-22-14-6-4-7-15(10-14)25-3/h4-11,20,22H,2,12H2,1,3H3/b16-11-. The number of fused-ring (bicyclic) bond motifs is 1. The van der Waals surface area contributed by atoms with E-state index in [-0.39, 0.29) is 0 Å². The highest BCUT2D eigenvalue weighted by Crippen LogP contribution is 2.20. The van der Waals surface area contributed by atoms with Gasteiger partial charge in [0.05, 0.1) is 25.2 Å². The van der Waals surface area contributed by atoms with Crippen LogP contribution in [0.25, 0.3) is 11.5 Å². The first-order chi connectivity index (χ1) is 12.2. The van der Waals surface area contributed by atoms with Gasteiger partial charge in [-0.15, -0.1) is 0 Å². The van der Waals surface area contributed by atoms with E-state index in [0.717, 1.165) is 22.8 Å². The zero-order valence-electron chi connectivity index (χ0n) is 14.2. The Morgan fingerprint density at radius 2 is 2.28 bits per heavy atom. The van der Waals surface area contributed by atoms with Gasteiger partial charge in [-0.2, -0.15) is 0 Å². The number of methoxy groups -OCH3 is 1. The van der Waals surface area contributed by atoms with E-state index < -0.39 is 0 Å². The molecule has 1 aromatic carbocycles. The molecule has 2 heterocycles. The van der Waals surface area contributed by atoms with Crippen molar-refractivity contribution in [3.8, 4) is 5.75 Å². The van der Waals surface area contributed by atoms with Crippen LogP contribution in [0.15, 0.2) is 53.9 Å². The van der Waals surface area contributed by atoms with Gasteiger partial charge in [-0.1, -0.05) is 6.07 Å². The summed E-state index contributed by atoms with van der Waals surface area (Å²) < 4.78 is 7.10. The average Bonchev–Trinajstić information content (AvgIpc) is 2.98. The molecule has 0 aliphatic carbocycles. The molecule has 0 bridgehead atoms. The Labute approximate surface area is 146 Å². The molecule has 3 aromatic rings. The summed E-state index contributed by atoms with van der Waals surface area (Å²) in [6.07, 6.45) is 5.43. The van der Waals surface area contributed by atoms with Crippen molar-refractivity contribution in [3.63, 3.8) is 0 Å². The van der Waals surface area contributed by atoms with Crippen LogP contribution in [-0.2, 0) is 0 Å². The summed E-state index contributed by atoms with van der Waals surface area (Å²) in [6, 6.07) is 9.59. The zero-order valence-corrected chi connectivity index (χ0v) is 14.2. The molecule has 0 spiro atoms. The molecular formula is C18H20N6O. The van der Waals surface area contributed by atoms with E-state index in [1.807, 2.05) is 54.1 Å². The predicted octanol–water partition coefficient (Wildman–Crippen LogP) is 2.70. The normalized spacial score (nSPS) is 11.4. The maximum Gasteiger partial charge on any atom is 0.234 e. The Morgan fingerprint density at radius 3 is 3.08 bits per heavy atom. The number of hydrogen-bond acceptors (Lipinski definition) is 6. The highest BCUT2D eigenvalue weighted by Gasteiger charge is 2.12. The van der Waals surface area contributed by atoms with Crippen molar-refractivity contribution in [1.82, 2.24) is 19.7 Å². The fourth-order valence-corrected chi connectivity index (χ4v) is 2.53. The Kier molecular flexibility index (Phi) is 4.94. The summed E-state index contributed by atoms with van der Waals surface area (Å²) in [5, 5.41) is 6.46. The molecule has 128 valence electrons. The van der Waals surface area contributed by atoms with E-state index in [2.05, 4.69) is 32.3 Å². The molecule has 0 fully saturated rings. The SMILES string of the molecule is C=N/C(=C\NCNc1cccc(OC)c1)c1c(C)nc2ncccn12. The summed E-state index contributed by atoms with van der Waals surface area (Å²) in [6.45, 7) is 6.12. The highest BCUT2D eigenvalue weighted by atomic mass is 16.5. The third kappa shape index (κ3) is 3.60. The fourth-order valence-electron chi connectivity index (χ4n) is 2.53. The van der Waals surface area contributed by atoms with Crippen molar-refractivity contribution in [1.29, 1.82) is 0 Å². The van der Waals surface area contributed by atoms with Crippen LogP contribution in [0.3, 0.4) is 0 Å². The summed E-state index contributed by atoms with van der Waals surface area (Å²) in [7, 11) is 1.65. The lowest BCUT2D eigenvalue weighted by Crippen LogP contribution is -2.16. The van der Waals surface area contributed by atoms with Gasteiger partial charge in [0.2, 0.25) is 5.78 Å². The number of benzene rings is 1. The summed E-state index contributed by atoms with van der Waals surface area (Å²) >= 11 is 0. The predicted molar refractivity (Wildman–Crippen MR) is 99.9 cm³/mol. The number of anilines is 1. The Hall–Kier alpha value is -3.35. The van der Waals surface area contributed by atoms with E-state index in [0.29, 0.717) is 18.1 Å². The minimum Gasteiger partial charge on any atom is -0.497 e. The van der Waals surface area contributed by atoms with Crippen LogP contribution in [0.2, 0.25) is 0 Å². The van der Waals surface area contributed by atoms with Gasteiger partial charge in [0.25, 0.3) is 0 Å². The second kappa shape index (κ2) is 7.48. The number of nitrogens with zero attached hydrogens (tertiary/aromatic N) is 4. The maximum absolute atomic E-state index is 5.21. The van der Waals surface area contributed by atoms with E-state index >= 15 is 0 Å². The number of rotatable bonds is 7. The van der Waals surface area contributed by atoms with Gasteiger partial charge in [0, 0.05) is 30.3 Å². The first-order valence-corrected chi connectivity index (χ1v) is 7.81. The maximum atomic E-state index is 5.21. The molecule has 0 atom stereocenters. The molecule has 0 aliphatic heterocycles. The van der Waals surface area contributed by atoms with Crippen LogP contribution in [0, 0.1) is 6.92 Å². The fraction of sp³-hybridized carbons (Fsp3) is 0.167. The van der Waals surface area contributed by atoms with Gasteiger partial charge >= 0.3 is 0 Å². The first-order valence-electron chi connectivity index (χ1n) is 7.81. The number of hydrogen-bond donors (Lipinski definition) is 2. The summed E-state index contributed by atoms with van der Waals surface area (Å²) in [5.41, 5.74) is 3.38. The third-order valence-corrected chi connectivity index (χ3v) is 3.69. The molecule has 2 aromatic heterocycles. The second-order valence-corrected chi connectivity index (χ2v) is 5.31. The van der Waals surface area contributed by atoms with Crippen LogP contribution >= 0.6 is 0 Å². The van der Waals surface area contributed by atoms with E-state index in [9.17, 15) is 0 Å². The van der Waals surface area contributed by atoms with Crippen LogP contribution in [0.4, 0.5) is 5.69 Å². The Morgan fingerprint density at radius 1 is 1.40 bits per heavy atom. The molecular weight excluding hydrogens is 316 g/mol. The van der Waals surface area contributed by atoms with Crippen LogP contribution in [-0.4, -0.2) is 34.9 Å². The lowest BCUT2D eigenvalue weighted by molar-refractivity contribution is 0.415. The van der Waals surface area contributed by atoms with E-state index in [1.54, 1.807) is 13.3 Å². The number of aromatic nitrogens is 3. The summed E-state index contributed by atoms with van der Waals surface area (Å²) in [5.74, 6) is 1.45. The minimum absolute atomic E-state index is 0.528. The Balaban J connectivity index is 1.72. The van der Waals surface area contributed by atoms with Crippen molar-refractivity contribution < 1.29 is 4.74 Å². The van der Waals surface area contributed by atoms with Gasteiger partial charge in [-0.3, -0.25) is 9.39 Å². The van der Waals surface area contributed by atoms with Crippen molar-refractivity contribution in [2.75, 3.05) is 19.1 Å². The molecule has 2 N–H and O–H groups in total. The van der Waals surface area contributed by atoms with Crippen molar-refractivity contribution >= 4 is 23.9 Å². The number of nitrogens with one attached hydrogen (secondary N) is 2. The van der Waals surface area contributed by atoms with E-state index in [4.69, 9.17) is 4.74 Å². The molecule has 0 radical (unpaired) electrons. The Bertz CT molecular complexity index is 915. The van der Waals surface area contributed by atoms with Crippen molar-refractivity contribution in [3.05, 3.63) is 60.3 Å². The van der Waals surface area contributed by atoms with Gasteiger partial charge in [0.15, 0.2) is 0 Å². The number of aliphatic imine (C=N–C) groups is 1. The molecule has 0 saturated carbocycles. The number of aryl methyl sites for hydroxylation is 1. The molecule has 7 heteroatoms. The average molecular weight is 336 g/mol. The summed E-state index contributed by atoms with van der Waals surface area (Å²) in [4.78, 5) is 12.8. The van der Waals surface area contributed by atoms with Gasteiger partial charge < -0.3 is 15.4 Å². The quantitative estimate of drug-likeness (QED) is 0.394.